The maximum atomic E-state index is 12.7. The lowest BCUT2D eigenvalue weighted by Crippen LogP contribution is -2.03. The Labute approximate surface area is 64.9 Å². The summed E-state index contributed by atoms with van der Waals surface area (Å²) in [6, 6.07) is 0. The fourth-order valence-electron chi connectivity index (χ4n) is 0.583. The SMILES string of the molecule is C=C(F)/C=C(F)\C(=C/C)CN. The smallest absolute Gasteiger partial charge is 0.130 e. The predicted octanol–water partition coefficient (Wildman–Crippen LogP) is 2.23. The fourth-order valence-corrected chi connectivity index (χ4v) is 0.583. The summed E-state index contributed by atoms with van der Waals surface area (Å²) in [5.74, 6) is -1.47. The van der Waals surface area contributed by atoms with E-state index in [0.29, 0.717) is 6.08 Å². The van der Waals surface area contributed by atoms with Crippen molar-refractivity contribution in [3.63, 3.8) is 0 Å². The summed E-state index contributed by atoms with van der Waals surface area (Å²) >= 11 is 0. The zero-order valence-electron chi connectivity index (χ0n) is 6.40. The largest absolute Gasteiger partial charge is 0.326 e. The molecule has 0 aliphatic rings. The van der Waals surface area contributed by atoms with Gasteiger partial charge >= 0.3 is 0 Å². The van der Waals surface area contributed by atoms with E-state index in [4.69, 9.17) is 5.73 Å². The quantitative estimate of drug-likeness (QED) is 0.628. The van der Waals surface area contributed by atoms with Gasteiger partial charge in [0.25, 0.3) is 0 Å². The van der Waals surface area contributed by atoms with Crippen LogP contribution in [0.25, 0.3) is 0 Å². The van der Waals surface area contributed by atoms with Crippen LogP contribution in [0.5, 0.6) is 0 Å². The summed E-state index contributed by atoms with van der Waals surface area (Å²) in [6.07, 6.45) is 2.21. The molecule has 0 fully saturated rings. The third-order valence-electron chi connectivity index (χ3n) is 1.16. The molecule has 11 heavy (non-hydrogen) atoms. The van der Waals surface area contributed by atoms with Crippen LogP contribution in [-0.4, -0.2) is 6.54 Å². The van der Waals surface area contributed by atoms with Crippen molar-refractivity contribution in [3.05, 3.63) is 36.0 Å². The Hall–Kier alpha value is -0.960. The van der Waals surface area contributed by atoms with Crippen molar-refractivity contribution in [2.45, 2.75) is 6.92 Å². The number of hydrogen-bond acceptors (Lipinski definition) is 1. The summed E-state index contributed by atoms with van der Waals surface area (Å²) in [5, 5.41) is 0. The molecule has 3 heteroatoms. The molecule has 62 valence electrons. The highest BCUT2D eigenvalue weighted by molar-refractivity contribution is 5.29. The molecule has 0 aliphatic carbocycles. The first-order valence-corrected chi connectivity index (χ1v) is 3.19. The maximum Gasteiger partial charge on any atom is 0.130 e. The molecule has 0 unspecified atom stereocenters. The van der Waals surface area contributed by atoms with Crippen LogP contribution in [0.3, 0.4) is 0 Å². The molecule has 0 spiro atoms. The Balaban J connectivity index is 4.45. The molecule has 0 saturated carbocycles. The summed E-state index contributed by atoms with van der Waals surface area (Å²) in [6.45, 7) is 4.59. The fraction of sp³-hybridized carbons (Fsp3) is 0.250. The Morgan fingerprint density at radius 3 is 2.36 bits per heavy atom. The molecule has 0 aromatic heterocycles. The Bertz CT molecular complexity index is 204. The van der Waals surface area contributed by atoms with Crippen LogP contribution in [0.2, 0.25) is 0 Å². The Morgan fingerprint density at radius 1 is 1.55 bits per heavy atom. The normalized spacial score (nSPS) is 13.5. The van der Waals surface area contributed by atoms with E-state index in [-0.39, 0.29) is 12.1 Å². The second-order valence-electron chi connectivity index (χ2n) is 1.96. The lowest BCUT2D eigenvalue weighted by atomic mass is 10.2. The van der Waals surface area contributed by atoms with Gasteiger partial charge < -0.3 is 5.73 Å². The molecule has 0 rings (SSSR count). The minimum atomic E-state index is -0.810. The van der Waals surface area contributed by atoms with E-state index in [2.05, 4.69) is 6.58 Å². The van der Waals surface area contributed by atoms with Gasteiger partial charge in [0.1, 0.15) is 11.7 Å². The van der Waals surface area contributed by atoms with Gasteiger partial charge in [0.15, 0.2) is 0 Å². The van der Waals surface area contributed by atoms with E-state index in [1.165, 1.54) is 6.08 Å². The van der Waals surface area contributed by atoms with Gasteiger partial charge in [0.2, 0.25) is 0 Å². The van der Waals surface area contributed by atoms with Crippen molar-refractivity contribution in [1.29, 1.82) is 0 Å². The van der Waals surface area contributed by atoms with E-state index in [9.17, 15) is 8.78 Å². The zero-order valence-corrected chi connectivity index (χ0v) is 6.40. The lowest BCUT2D eigenvalue weighted by molar-refractivity contribution is 0.620. The second kappa shape index (κ2) is 4.79. The van der Waals surface area contributed by atoms with Crippen molar-refractivity contribution in [2.24, 2.45) is 5.73 Å². The summed E-state index contributed by atoms with van der Waals surface area (Å²) in [4.78, 5) is 0. The van der Waals surface area contributed by atoms with Crippen LogP contribution in [0.4, 0.5) is 8.78 Å². The summed E-state index contributed by atoms with van der Waals surface area (Å²) in [7, 11) is 0. The van der Waals surface area contributed by atoms with Crippen LogP contribution in [-0.2, 0) is 0 Å². The van der Waals surface area contributed by atoms with Gasteiger partial charge in [0.05, 0.1) is 0 Å². The van der Waals surface area contributed by atoms with Crippen molar-refractivity contribution >= 4 is 0 Å². The number of rotatable bonds is 3. The number of halogens is 2. The average molecular weight is 159 g/mol. The highest BCUT2D eigenvalue weighted by atomic mass is 19.1. The van der Waals surface area contributed by atoms with Gasteiger partial charge in [0, 0.05) is 12.6 Å². The average Bonchev–Trinajstić information content (AvgIpc) is 1.88. The molecule has 0 heterocycles. The van der Waals surface area contributed by atoms with E-state index in [1.807, 2.05) is 0 Å². The molecule has 0 atom stereocenters. The van der Waals surface area contributed by atoms with Gasteiger partial charge in [-0.1, -0.05) is 12.7 Å². The second-order valence-corrected chi connectivity index (χ2v) is 1.96. The van der Waals surface area contributed by atoms with E-state index in [1.54, 1.807) is 6.92 Å². The van der Waals surface area contributed by atoms with Gasteiger partial charge in [-0.25, -0.2) is 8.78 Å². The zero-order chi connectivity index (χ0) is 8.85. The number of hydrogen-bond donors (Lipinski definition) is 1. The highest BCUT2D eigenvalue weighted by Gasteiger charge is 2.00. The third kappa shape index (κ3) is 3.68. The van der Waals surface area contributed by atoms with Gasteiger partial charge in [-0.3, -0.25) is 0 Å². The van der Waals surface area contributed by atoms with E-state index in [0.717, 1.165) is 0 Å². The van der Waals surface area contributed by atoms with Crippen LogP contribution >= 0.6 is 0 Å². The number of nitrogens with two attached hydrogens (primary N) is 1. The first-order valence-electron chi connectivity index (χ1n) is 3.19. The van der Waals surface area contributed by atoms with E-state index < -0.39 is 11.7 Å². The standard InChI is InChI=1S/C8H11F2N/c1-3-7(5-11)8(10)4-6(2)9/h3-4H,2,5,11H2,1H3/b7-3-,8-4+. The Morgan fingerprint density at radius 2 is 2.09 bits per heavy atom. The van der Waals surface area contributed by atoms with Gasteiger partial charge in [-0.2, -0.15) is 0 Å². The molecule has 1 nitrogen and oxygen atoms in total. The lowest BCUT2D eigenvalue weighted by Gasteiger charge is -1.97. The molecule has 0 radical (unpaired) electrons. The molecule has 0 aromatic carbocycles. The van der Waals surface area contributed by atoms with Gasteiger partial charge in [-0.15, -0.1) is 0 Å². The van der Waals surface area contributed by atoms with Crippen molar-refractivity contribution in [1.82, 2.24) is 0 Å². The molecule has 2 N–H and O–H groups in total. The maximum absolute atomic E-state index is 12.7. The van der Waals surface area contributed by atoms with Crippen LogP contribution in [0, 0.1) is 0 Å². The van der Waals surface area contributed by atoms with Gasteiger partial charge in [-0.05, 0) is 12.5 Å². The van der Waals surface area contributed by atoms with Crippen LogP contribution in [0.1, 0.15) is 6.92 Å². The van der Waals surface area contributed by atoms with Crippen molar-refractivity contribution in [3.8, 4) is 0 Å². The monoisotopic (exact) mass is 159 g/mol. The number of allylic oxidation sites excluding steroid dienone is 3. The Kier molecular flexibility index (Phi) is 4.38. The molecular formula is C8H11F2N. The van der Waals surface area contributed by atoms with Crippen molar-refractivity contribution < 1.29 is 8.78 Å². The molecular weight excluding hydrogens is 148 g/mol. The predicted molar refractivity (Wildman–Crippen MR) is 42.3 cm³/mol. The minimum Gasteiger partial charge on any atom is -0.326 e. The van der Waals surface area contributed by atoms with Crippen LogP contribution < -0.4 is 5.73 Å². The minimum absolute atomic E-state index is 0.0616. The molecule has 0 bridgehead atoms. The van der Waals surface area contributed by atoms with Crippen molar-refractivity contribution in [2.75, 3.05) is 6.54 Å². The highest BCUT2D eigenvalue weighted by Crippen LogP contribution is 2.12. The molecule has 0 aliphatic heterocycles. The topological polar surface area (TPSA) is 26.0 Å². The third-order valence-corrected chi connectivity index (χ3v) is 1.16. The first kappa shape index (κ1) is 10.0. The molecule has 0 aromatic rings. The van der Waals surface area contributed by atoms with E-state index >= 15 is 0 Å². The summed E-state index contributed by atoms with van der Waals surface area (Å²) in [5.41, 5.74) is 5.44. The summed E-state index contributed by atoms with van der Waals surface area (Å²) < 4.78 is 24.7. The van der Waals surface area contributed by atoms with Crippen LogP contribution in [0.15, 0.2) is 36.0 Å². The molecule has 0 amide bonds. The molecule has 0 saturated heterocycles. The first-order chi connectivity index (χ1) is 5.11.